The zero-order valence-electron chi connectivity index (χ0n) is 15.0. The van der Waals surface area contributed by atoms with Crippen molar-refractivity contribution in [3.8, 4) is 0 Å². The van der Waals surface area contributed by atoms with Crippen molar-refractivity contribution in [2.24, 2.45) is 5.73 Å². The average Bonchev–Trinajstić information content (AvgIpc) is 3.25. The van der Waals surface area contributed by atoms with Crippen LogP contribution in [0.15, 0.2) is 77.3 Å². The van der Waals surface area contributed by atoms with E-state index in [4.69, 9.17) is 17.3 Å². The van der Waals surface area contributed by atoms with Gasteiger partial charge in [0.25, 0.3) is 0 Å². The number of allylic oxidation sites excluding steroid dienone is 2. The predicted octanol–water partition coefficient (Wildman–Crippen LogP) is 4.22. The zero-order valence-corrected chi connectivity index (χ0v) is 17.4. The van der Waals surface area contributed by atoms with E-state index in [1.807, 2.05) is 54.6 Å². The molecule has 0 saturated heterocycles. The molecule has 1 heterocycles. The number of hydrogen-bond donors (Lipinski definition) is 2. The number of nitrogens with two attached hydrogens (primary N) is 1. The molecule has 2 unspecified atom stereocenters. The van der Waals surface area contributed by atoms with Gasteiger partial charge in [-0.3, -0.25) is 4.90 Å². The second kappa shape index (κ2) is 7.81. The fraction of sp³-hybridized carbons (Fsp3) is 0.100. The first kappa shape index (κ1) is 19.4. The van der Waals surface area contributed by atoms with Gasteiger partial charge in [-0.15, -0.1) is 10.2 Å². The molecule has 9 heteroatoms. The molecule has 1 aliphatic carbocycles. The van der Waals surface area contributed by atoms with Crippen LogP contribution in [0.5, 0.6) is 0 Å². The molecule has 0 fully saturated rings. The summed E-state index contributed by atoms with van der Waals surface area (Å²) in [6, 6.07) is 16.3. The Balaban J connectivity index is 1.87. The van der Waals surface area contributed by atoms with Crippen molar-refractivity contribution in [3.05, 3.63) is 88.7 Å². The number of benzene rings is 2. The molecule has 0 aliphatic heterocycles. The number of halogens is 2. The SMILES string of the molecule is NC(=O)N(c1ccccc1Br)C1(Cl)C=CC(c2ccccc2)=CC1c1nn[nH]n1. The fourth-order valence-electron chi connectivity index (χ4n) is 3.36. The third kappa shape index (κ3) is 3.56. The third-order valence-corrected chi connectivity index (χ3v) is 5.88. The molecule has 2 atom stereocenters. The van der Waals surface area contributed by atoms with Crippen molar-refractivity contribution in [2.45, 2.75) is 10.9 Å². The predicted molar refractivity (Wildman–Crippen MR) is 115 cm³/mol. The van der Waals surface area contributed by atoms with Crippen LogP contribution in [0.1, 0.15) is 17.3 Å². The van der Waals surface area contributed by atoms with Gasteiger partial charge in [-0.2, -0.15) is 5.21 Å². The highest BCUT2D eigenvalue weighted by molar-refractivity contribution is 9.10. The smallest absolute Gasteiger partial charge is 0.321 e. The summed E-state index contributed by atoms with van der Waals surface area (Å²) < 4.78 is 0.678. The van der Waals surface area contributed by atoms with Gasteiger partial charge in [-0.25, -0.2) is 4.79 Å². The lowest BCUT2D eigenvalue weighted by atomic mass is 9.86. The van der Waals surface area contributed by atoms with Gasteiger partial charge in [-0.05, 0) is 45.3 Å². The van der Waals surface area contributed by atoms with Gasteiger partial charge < -0.3 is 5.73 Å². The highest BCUT2D eigenvalue weighted by atomic mass is 79.9. The van der Waals surface area contributed by atoms with Gasteiger partial charge in [0, 0.05) is 4.47 Å². The number of carbonyl (C=O) groups is 1. The molecule has 1 aromatic heterocycles. The minimum absolute atomic E-state index is 0.344. The normalized spacial score (nSPS) is 20.9. The summed E-state index contributed by atoms with van der Waals surface area (Å²) in [4.78, 5) is 12.5. The summed E-state index contributed by atoms with van der Waals surface area (Å²) in [5, 5.41) is 14.4. The minimum atomic E-state index is -1.38. The molecule has 3 aromatic rings. The highest BCUT2D eigenvalue weighted by Crippen LogP contribution is 2.46. The maximum absolute atomic E-state index is 12.5. The van der Waals surface area contributed by atoms with Crippen LogP contribution in [-0.2, 0) is 0 Å². The first-order chi connectivity index (χ1) is 14.0. The second-order valence-corrected chi connectivity index (χ2v) is 7.88. The molecule has 146 valence electrons. The van der Waals surface area contributed by atoms with E-state index in [1.54, 1.807) is 18.2 Å². The summed E-state index contributed by atoms with van der Waals surface area (Å²) >= 11 is 10.6. The number of nitrogens with zero attached hydrogens (tertiary/aromatic N) is 4. The van der Waals surface area contributed by atoms with Crippen LogP contribution in [0, 0.1) is 0 Å². The molecule has 3 N–H and O–H groups in total. The van der Waals surface area contributed by atoms with Crippen molar-refractivity contribution in [3.63, 3.8) is 0 Å². The molecular formula is C20H16BrClN6O. The number of alkyl halides is 1. The molecule has 0 radical (unpaired) electrons. The van der Waals surface area contributed by atoms with Crippen molar-refractivity contribution < 1.29 is 4.79 Å². The van der Waals surface area contributed by atoms with Crippen LogP contribution in [0.2, 0.25) is 0 Å². The summed E-state index contributed by atoms with van der Waals surface area (Å²) in [6.07, 6.45) is 5.52. The van der Waals surface area contributed by atoms with E-state index < -0.39 is 16.9 Å². The van der Waals surface area contributed by atoms with E-state index in [2.05, 4.69) is 36.6 Å². The number of primary amides is 1. The number of carbonyl (C=O) groups excluding carboxylic acids is 1. The summed E-state index contributed by atoms with van der Waals surface area (Å²) in [6.45, 7) is 0. The number of H-pyrrole nitrogens is 1. The molecule has 4 rings (SSSR count). The molecule has 2 aromatic carbocycles. The Morgan fingerprint density at radius 1 is 1.17 bits per heavy atom. The monoisotopic (exact) mass is 470 g/mol. The zero-order chi connectivity index (χ0) is 20.4. The Morgan fingerprint density at radius 3 is 2.55 bits per heavy atom. The summed E-state index contributed by atoms with van der Waals surface area (Å²) in [7, 11) is 0. The lowest BCUT2D eigenvalue weighted by Crippen LogP contribution is -2.53. The van der Waals surface area contributed by atoms with E-state index in [0.29, 0.717) is 16.0 Å². The lowest BCUT2D eigenvalue weighted by Gasteiger charge is -2.41. The Bertz CT molecular complexity index is 1090. The first-order valence-electron chi connectivity index (χ1n) is 8.73. The van der Waals surface area contributed by atoms with E-state index in [9.17, 15) is 4.79 Å². The Labute approximate surface area is 180 Å². The van der Waals surface area contributed by atoms with Gasteiger partial charge in [0.15, 0.2) is 10.8 Å². The third-order valence-electron chi connectivity index (χ3n) is 4.68. The topological polar surface area (TPSA) is 101 Å². The lowest BCUT2D eigenvalue weighted by molar-refractivity contribution is 0.251. The summed E-state index contributed by atoms with van der Waals surface area (Å²) in [5.41, 5.74) is 8.24. The number of anilines is 1. The first-order valence-corrected chi connectivity index (χ1v) is 9.91. The highest BCUT2D eigenvalue weighted by Gasteiger charge is 2.47. The number of aromatic amines is 1. The van der Waals surface area contributed by atoms with Crippen LogP contribution in [0.25, 0.3) is 5.57 Å². The Morgan fingerprint density at radius 2 is 1.90 bits per heavy atom. The second-order valence-electron chi connectivity index (χ2n) is 6.42. The van der Waals surface area contributed by atoms with Gasteiger partial charge in [0.05, 0.1) is 11.6 Å². The average molecular weight is 472 g/mol. The Hall–Kier alpha value is -2.97. The van der Waals surface area contributed by atoms with Crippen LogP contribution in [-0.4, -0.2) is 31.7 Å². The fourth-order valence-corrected chi connectivity index (χ4v) is 4.22. The summed E-state index contributed by atoms with van der Waals surface area (Å²) in [5.74, 6) is -0.265. The molecule has 1 aliphatic rings. The van der Waals surface area contributed by atoms with Crippen molar-refractivity contribution in [1.82, 2.24) is 20.6 Å². The number of aromatic nitrogens is 4. The van der Waals surface area contributed by atoms with E-state index >= 15 is 0 Å². The molecule has 0 bridgehead atoms. The number of para-hydroxylation sites is 1. The van der Waals surface area contributed by atoms with Crippen LogP contribution in [0.3, 0.4) is 0 Å². The molecule has 29 heavy (non-hydrogen) atoms. The molecule has 0 spiro atoms. The number of rotatable bonds is 4. The largest absolute Gasteiger partial charge is 0.351 e. The van der Waals surface area contributed by atoms with E-state index in [-0.39, 0.29) is 0 Å². The quantitative estimate of drug-likeness (QED) is 0.439. The molecule has 2 amide bonds. The van der Waals surface area contributed by atoms with Crippen LogP contribution >= 0.6 is 27.5 Å². The Kier molecular flexibility index (Phi) is 5.21. The van der Waals surface area contributed by atoms with E-state index in [1.165, 1.54) is 4.90 Å². The maximum atomic E-state index is 12.5. The minimum Gasteiger partial charge on any atom is -0.351 e. The van der Waals surface area contributed by atoms with Crippen molar-refractivity contribution in [2.75, 3.05) is 4.90 Å². The van der Waals surface area contributed by atoms with Crippen LogP contribution in [0.4, 0.5) is 10.5 Å². The number of urea groups is 1. The van der Waals surface area contributed by atoms with Gasteiger partial charge >= 0.3 is 6.03 Å². The molecule has 0 saturated carbocycles. The van der Waals surface area contributed by atoms with Gasteiger partial charge in [0.2, 0.25) is 0 Å². The number of tetrazole rings is 1. The van der Waals surface area contributed by atoms with Crippen LogP contribution < -0.4 is 10.6 Å². The standard InChI is InChI=1S/C20H16BrClN6O/c21-16-8-4-5-9-17(16)28(19(23)29)20(22)11-10-14(13-6-2-1-3-7-13)12-15(20)18-24-26-27-25-18/h1-12,15H,(H2,23,29)(H,24,25,26,27). The number of hydrogen-bond acceptors (Lipinski definition) is 4. The van der Waals surface area contributed by atoms with Crippen molar-refractivity contribution in [1.29, 1.82) is 0 Å². The number of amides is 2. The molecular weight excluding hydrogens is 456 g/mol. The van der Waals surface area contributed by atoms with Gasteiger partial charge in [-0.1, -0.05) is 71.4 Å². The van der Waals surface area contributed by atoms with Crippen molar-refractivity contribution >= 4 is 44.8 Å². The number of nitrogens with one attached hydrogen (secondary N) is 1. The van der Waals surface area contributed by atoms with E-state index in [0.717, 1.165) is 11.1 Å². The van der Waals surface area contributed by atoms with Gasteiger partial charge in [0.1, 0.15) is 0 Å². The maximum Gasteiger partial charge on any atom is 0.321 e. The molecule has 7 nitrogen and oxygen atoms in total.